The van der Waals surface area contributed by atoms with Gasteiger partial charge in [-0.25, -0.2) is 12.7 Å². The second-order valence-electron chi connectivity index (χ2n) is 8.75. The number of rotatable bonds is 6. The molecule has 28 heavy (non-hydrogen) atoms. The molecule has 3 aliphatic rings. The first-order valence-electron chi connectivity index (χ1n) is 10.5. The van der Waals surface area contributed by atoms with E-state index in [9.17, 15) is 13.5 Å². The van der Waals surface area contributed by atoms with E-state index in [0.29, 0.717) is 13.1 Å². The van der Waals surface area contributed by atoms with Crippen LogP contribution in [0.15, 0.2) is 30.3 Å². The molecule has 0 radical (unpaired) electrons. The van der Waals surface area contributed by atoms with Gasteiger partial charge in [-0.2, -0.15) is 0 Å². The van der Waals surface area contributed by atoms with Gasteiger partial charge in [-0.1, -0.05) is 30.3 Å². The van der Waals surface area contributed by atoms with Gasteiger partial charge in [0, 0.05) is 25.7 Å². The van der Waals surface area contributed by atoms with Crippen molar-refractivity contribution in [3.05, 3.63) is 35.9 Å². The average molecular weight is 409 g/mol. The normalized spacial score (nSPS) is 28.9. The molecule has 156 valence electrons. The number of hydrogen-bond acceptors (Lipinski definition) is 5. The molecule has 0 amide bonds. The SMILES string of the molecule is O=S(=O)(Cc1ccccc1)N1CCC2(CC1)CO[C@@H](CN1CCC[C@H]1CO)C2. The van der Waals surface area contributed by atoms with E-state index in [4.69, 9.17) is 4.74 Å². The third-order valence-electron chi connectivity index (χ3n) is 6.80. The van der Waals surface area contributed by atoms with Gasteiger partial charge in [0.2, 0.25) is 10.0 Å². The summed E-state index contributed by atoms with van der Waals surface area (Å²) in [5, 5.41) is 9.52. The van der Waals surface area contributed by atoms with E-state index in [1.165, 1.54) is 0 Å². The lowest BCUT2D eigenvalue weighted by molar-refractivity contribution is 0.0480. The van der Waals surface area contributed by atoms with Crippen molar-refractivity contribution in [2.75, 3.05) is 39.4 Å². The minimum Gasteiger partial charge on any atom is -0.395 e. The van der Waals surface area contributed by atoms with Crippen LogP contribution in [0.1, 0.15) is 37.7 Å². The minimum atomic E-state index is -3.27. The molecule has 0 bridgehead atoms. The van der Waals surface area contributed by atoms with Crippen molar-refractivity contribution >= 4 is 10.0 Å². The van der Waals surface area contributed by atoms with Crippen molar-refractivity contribution in [1.82, 2.24) is 9.21 Å². The average Bonchev–Trinajstić information content (AvgIpc) is 3.30. The Morgan fingerprint density at radius 1 is 1.14 bits per heavy atom. The predicted molar refractivity (Wildman–Crippen MR) is 108 cm³/mol. The second kappa shape index (κ2) is 8.40. The van der Waals surface area contributed by atoms with Gasteiger partial charge >= 0.3 is 0 Å². The highest BCUT2D eigenvalue weighted by Gasteiger charge is 2.45. The highest BCUT2D eigenvalue weighted by atomic mass is 32.2. The summed E-state index contributed by atoms with van der Waals surface area (Å²) in [4.78, 5) is 2.36. The summed E-state index contributed by atoms with van der Waals surface area (Å²) in [5.41, 5.74) is 0.966. The van der Waals surface area contributed by atoms with Crippen LogP contribution in [0.25, 0.3) is 0 Å². The molecule has 0 saturated carbocycles. The van der Waals surface area contributed by atoms with Crippen molar-refractivity contribution in [3.63, 3.8) is 0 Å². The smallest absolute Gasteiger partial charge is 0.218 e. The number of aliphatic hydroxyl groups is 1. The van der Waals surface area contributed by atoms with Gasteiger partial charge in [-0.05, 0) is 49.6 Å². The van der Waals surface area contributed by atoms with Crippen LogP contribution in [0.3, 0.4) is 0 Å². The fourth-order valence-electron chi connectivity index (χ4n) is 5.08. The highest BCUT2D eigenvalue weighted by Crippen LogP contribution is 2.43. The Labute approximate surface area is 168 Å². The third kappa shape index (κ3) is 4.44. The first-order chi connectivity index (χ1) is 13.5. The summed E-state index contributed by atoms with van der Waals surface area (Å²) in [6.45, 7) is 4.09. The first kappa shape index (κ1) is 20.3. The number of sulfonamides is 1. The van der Waals surface area contributed by atoms with Crippen LogP contribution in [0.4, 0.5) is 0 Å². The van der Waals surface area contributed by atoms with E-state index < -0.39 is 10.0 Å². The van der Waals surface area contributed by atoms with Crippen LogP contribution in [-0.2, 0) is 20.5 Å². The number of nitrogens with zero attached hydrogens (tertiary/aromatic N) is 2. The Morgan fingerprint density at radius 2 is 1.89 bits per heavy atom. The van der Waals surface area contributed by atoms with Gasteiger partial charge in [-0.3, -0.25) is 4.90 Å². The van der Waals surface area contributed by atoms with Crippen molar-refractivity contribution < 1.29 is 18.3 Å². The Balaban J connectivity index is 1.30. The topological polar surface area (TPSA) is 70.1 Å². The molecular weight excluding hydrogens is 376 g/mol. The van der Waals surface area contributed by atoms with E-state index in [1.807, 2.05) is 30.3 Å². The number of hydrogen-bond donors (Lipinski definition) is 1. The van der Waals surface area contributed by atoms with Crippen molar-refractivity contribution in [3.8, 4) is 0 Å². The molecule has 1 aromatic rings. The lowest BCUT2D eigenvalue weighted by Crippen LogP contribution is -2.44. The molecule has 6 nitrogen and oxygen atoms in total. The van der Waals surface area contributed by atoms with Gasteiger partial charge in [0.15, 0.2) is 0 Å². The standard InChI is InChI=1S/C21H32N2O4S/c24-15-19-7-4-10-22(19)14-20-13-21(17-27-20)8-11-23(12-9-21)28(25,26)16-18-5-2-1-3-6-18/h1-3,5-6,19-20,24H,4,7-17H2/t19-,20+/m0/s1. The fourth-order valence-corrected chi connectivity index (χ4v) is 6.62. The van der Waals surface area contributed by atoms with Gasteiger partial charge < -0.3 is 9.84 Å². The molecule has 1 aromatic carbocycles. The summed E-state index contributed by atoms with van der Waals surface area (Å²) < 4.78 is 33.4. The number of benzene rings is 1. The molecule has 1 spiro atoms. The maximum atomic E-state index is 12.8. The van der Waals surface area contributed by atoms with E-state index in [0.717, 1.165) is 57.4 Å². The number of piperidine rings is 1. The van der Waals surface area contributed by atoms with E-state index >= 15 is 0 Å². The van der Waals surface area contributed by atoms with Crippen LogP contribution in [0, 0.1) is 5.41 Å². The van der Waals surface area contributed by atoms with Gasteiger partial charge in [0.05, 0.1) is 25.1 Å². The maximum Gasteiger partial charge on any atom is 0.218 e. The molecule has 0 aromatic heterocycles. The highest BCUT2D eigenvalue weighted by molar-refractivity contribution is 7.88. The molecule has 0 unspecified atom stereocenters. The maximum absolute atomic E-state index is 12.8. The zero-order valence-electron chi connectivity index (χ0n) is 16.5. The summed E-state index contributed by atoms with van der Waals surface area (Å²) >= 11 is 0. The summed E-state index contributed by atoms with van der Waals surface area (Å²) in [6, 6.07) is 9.70. The Morgan fingerprint density at radius 3 is 2.61 bits per heavy atom. The molecule has 3 saturated heterocycles. The monoisotopic (exact) mass is 408 g/mol. The molecule has 3 fully saturated rings. The van der Waals surface area contributed by atoms with E-state index in [2.05, 4.69) is 4.90 Å². The van der Waals surface area contributed by atoms with E-state index in [-0.39, 0.29) is 29.9 Å². The molecule has 1 N–H and O–H groups in total. The van der Waals surface area contributed by atoms with Crippen molar-refractivity contribution in [2.24, 2.45) is 5.41 Å². The third-order valence-corrected chi connectivity index (χ3v) is 8.65. The zero-order valence-corrected chi connectivity index (χ0v) is 17.3. The van der Waals surface area contributed by atoms with Crippen LogP contribution in [0.5, 0.6) is 0 Å². The van der Waals surface area contributed by atoms with Crippen molar-refractivity contribution in [1.29, 1.82) is 0 Å². The molecule has 3 aliphatic heterocycles. The largest absolute Gasteiger partial charge is 0.395 e. The molecular formula is C21H32N2O4S. The van der Waals surface area contributed by atoms with Gasteiger partial charge in [0.1, 0.15) is 0 Å². The summed E-state index contributed by atoms with van der Waals surface area (Å²) in [5.74, 6) is 0.0808. The lowest BCUT2D eigenvalue weighted by Gasteiger charge is -2.38. The first-order valence-corrected chi connectivity index (χ1v) is 12.1. The summed E-state index contributed by atoms with van der Waals surface area (Å²) in [7, 11) is -3.27. The lowest BCUT2D eigenvalue weighted by atomic mass is 9.77. The Bertz CT molecular complexity index is 747. The number of ether oxygens (including phenoxy) is 1. The second-order valence-corrected chi connectivity index (χ2v) is 10.7. The quantitative estimate of drug-likeness (QED) is 0.778. The predicted octanol–water partition coefficient (Wildman–Crippen LogP) is 1.84. The van der Waals surface area contributed by atoms with Crippen molar-refractivity contribution in [2.45, 2.75) is 50.0 Å². The Kier molecular flexibility index (Phi) is 6.09. The van der Waals surface area contributed by atoms with Crippen LogP contribution < -0.4 is 0 Å². The summed E-state index contributed by atoms with van der Waals surface area (Å²) in [6.07, 6.45) is 5.19. The molecule has 3 heterocycles. The van der Waals surface area contributed by atoms with Gasteiger partial charge in [-0.15, -0.1) is 0 Å². The number of aliphatic hydroxyl groups excluding tert-OH is 1. The van der Waals surface area contributed by atoms with Crippen LogP contribution in [0.2, 0.25) is 0 Å². The number of likely N-dealkylation sites (tertiary alicyclic amines) is 1. The molecule has 7 heteroatoms. The molecule has 4 rings (SSSR count). The minimum absolute atomic E-state index is 0.0808. The Hall–Kier alpha value is -0.990. The zero-order chi connectivity index (χ0) is 19.6. The fraction of sp³-hybridized carbons (Fsp3) is 0.714. The van der Waals surface area contributed by atoms with E-state index in [1.54, 1.807) is 4.31 Å². The van der Waals surface area contributed by atoms with Crippen LogP contribution >= 0.6 is 0 Å². The van der Waals surface area contributed by atoms with Gasteiger partial charge in [0.25, 0.3) is 0 Å². The molecule has 2 atom stereocenters. The molecule has 0 aliphatic carbocycles. The van der Waals surface area contributed by atoms with Crippen LogP contribution in [-0.4, -0.2) is 74.3 Å².